The Morgan fingerprint density at radius 3 is 2.82 bits per heavy atom. The molecule has 2 bridgehead atoms. The Morgan fingerprint density at radius 1 is 1.41 bits per heavy atom. The van der Waals surface area contributed by atoms with Crippen molar-refractivity contribution in [2.24, 2.45) is 5.92 Å². The van der Waals surface area contributed by atoms with Crippen LogP contribution in [0.15, 0.2) is 18.2 Å². The predicted molar refractivity (Wildman–Crippen MR) is 92.9 cm³/mol. The molecule has 122 valence electrons. The number of hydrogen-bond donors (Lipinski definition) is 1. The number of nitrogens with zero attached hydrogens (tertiary/aromatic N) is 1. The smallest absolute Gasteiger partial charge is 0.115 e. The van der Waals surface area contributed by atoms with Crippen LogP contribution in [0.5, 0.6) is 5.75 Å². The van der Waals surface area contributed by atoms with Crippen molar-refractivity contribution in [2.75, 3.05) is 13.1 Å². The summed E-state index contributed by atoms with van der Waals surface area (Å²) >= 11 is 6.39. The summed E-state index contributed by atoms with van der Waals surface area (Å²) in [5.74, 6) is 1.01. The van der Waals surface area contributed by atoms with E-state index < -0.39 is 0 Å². The van der Waals surface area contributed by atoms with Gasteiger partial charge < -0.3 is 5.11 Å². The fourth-order valence-electron chi connectivity index (χ4n) is 4.38. The first kappa shape index (κ1) is 16.1. The quantitative estimate of drug-likeness (QED) is 0.838. The van der Waals surface area contributed by atoms with E-state index in [1.54, 1.807) is 0 Å². The van der Waals surface area contributed by atoms with Gasteiger partial charge in [-0.05, 0) is 74.2 Å². The number of fused-ring (bicyclic) bond motifs is 4. The van der Waals surface area contributed by atoms with Crippen LogP contribution in [0.4, 0.5) is 0 Å². The van der Waals surface area contributed by atoms with Gasteiger partial charge in [0.2, 0.25) is 0 Å². The summed E-state index contributed by atoms with van der Waals surface area (Å²) in [7, 11) is 0. The molecular weight excluding hydrogens is 294 g/mol. The minimum absolute atomic E-state index is 0.123. The lowest BCUT2D eigenvalue weighted by Gasteiger charge is -2.55. The monoisotopic (exact) mass is 321 g/mol. The molecule has 0 unspecified atom stereocenters. The summed E-state index contributed by atoms with van der Waals surface area (Å²) in [4.78, 5) is 2.52. The topological polar surface area (TPSA) is 23.5 Å². The van der Waals surface area contributed by atoms with Gasteiger partial charge in [0.15, 0.2) is 0 Å². The maximum Gasteiger partial charge on any atom is 0.115 e. The molecular formula is C19H28ClNO. The van der Waals surface area contributed by atoms with E-state index in [1.165, 1.54) is 11.1 Å². The Hall–Kier alpha value is -0.730. The molecule has 3 rings (SSSR count). The molecule has 22 heavy (non-hydrogen) atoms. The summed E-state index contributed by atoms with van der Waals surface area (Å²) in [6, 6.07) is 6.55. The van der Waals surface area contributed by atoms with Gasteiger partial charge in [-0.25, -0.2) is 0 Å². The van der Waals surface area contributed by atoms with E-state index in [0.29, 0.717) is 17.7 Å². The van der Waals surface area contributed by atoms with Gasteiger partial charge >= 0.3 is 0 Å². The van der Waals surface area contributed by atoms with Gasteiger partial charge in [-0.1, -0.05) is 19.9 Å². The molecule has 1 fully saturated rings. The van der Waals surface area contributed by atoms with E-state index in [4.69, 9.17) is 11.6 Å². The highest BCUT2D eigenvalue weighted by atomic mass is 35.5. The Kier molecular flexibility index (Phi) is 3.98. The molecule has 0 spiro atoms. The maximum absolute atomic E-state index is 9.89. The number of phenols is 1. The maximum atomic E-state index is 9.89. The molecule has 1 aromatic carbocycles. The number of benzene rings is 1. The van der Waals surface area contributed by atoms with Crippen molar-refractivity contribution in [2.45, 2.75) is 63.3 Å². The van der Waals surface area contributed by atoms with E-state index in [0.717, 1.165) is 32.4 Å². The van der Waals surface area contributed by atoms with Gasteiger partial charge in [0.1, 0.15) is 5.75 Å². The molecule has 3 atom stereocenters. The zero-order valence-corrected chi connectivity index (χ0v) is 15.0. The van der Waals surface area contributed by atoms with E-state index in [1.807, 2.05) is 12.1 Å². The van der Waals surface area contributed by atoms with Crippen LogP contribution in [0.1, 0.15) is 51.7 Å². The fourth-order valence-corrected chi connectivity index (χ4v) is 4.47. The van der Waals surface area contributed by atoms with Crippen molar-refractivity contribution in [3.05, 3.63) is 29.3 Å². The third-order valence-electron chi connectivity index (χ3n) is 6.10. The highest BCUT2D eigenvalue weighted by molar-refractivity contribution is 6.23. The average molecular weight is 322 g/mol. The second kappa shape index (κ2) is 5.42. The van der Waals surface area contributed by atoms with Crippen LogP contribution in [0, 0.1) is 5.92 Å². The summed E-state index contributed by atoms with van der Waals surface area (Å²) in [5.41, 5.74) is 2.97. The first-order valence-electron chi connectivity index (χ1n) is 8.46. The predicted octanol–water partition coefficient (Wildman–Crippen LogP) is 4.32. The summed E-state index contributed by atoms with van der Waals surface area (Å²) in [6.45, 7) is 11.2. The molecule has 1 N–H and O–H groups in total. The van der Waals surface area contributed by atoms with Gasteiger partial charge in [-0.3, -0.25) is 4.90 Å². The number of halogens is 1. The molecule has 1 heterocycles. The lowest BCUT2D eigenvalue weighted by atomic mass is 9.59. The van der Waals surface area contributed by atoms with Crippen molar-refractivity contribution in [3.63, 3.8) is 0 Å². The Morgan fingerprint density at radius 2 is 2.14 bits per heavy atom. The molecule has 0 amide bonds. The van der Waals surface area contributed by atoms with Gasteiger partial charge in [0.25, 0.3) is 0 Å². The van der Waals surface area contributed by atoms with Crippen LogP contribution in [0.3, 0.4) is 0 Å². The first-order chi connectivity index (χ1) is 10.2. The molecule has 1 aromatic rings. The molecule has 1 saturated heterocycles. The van der Waals surface area contributed by atoms with Crippen LogP contribution in [-0.4, -0.2) is 34.0 Å². The molecule has 2 aliphatic rings. The van der Waals surface area contributed by atoms with Crippen LogP contribution in [0.2, 0.25) is 0 Å². The largest absolute Gasteiger partial charge is 0.508 e. The van der Waals surface area contributed by atoms with E-state index in [2.05, 4.69) is 38.7 Å². The average Bonchev–Trinajstić information content (AvgIpc) is 2.42. The standard InChI is InChI=1S/C19H28ClNO/c1-13-17-11-14-5-6-15(22)12-16(14)19(13,4)8-10-21(17)9-7-18(2,3)20/h5-6,12-13,17,22H,7-11H2,1-4H3/t13-,17+,19-/m1/s1. The summed E-state index contributed by atoms with van der Waals surface area (Å²) in [5, 5.41) is 9.89. The van der Waals surface area contributed by atoms with Crippen molar-refractivity contribution >= 4 is 11.6 Å². The summed E-state index contributed by atoms with van der Waals surface area (Å²) in [6.07, 6.45) is 3.27. The minimum atomic E-state index is -0.123. The van der Waals surface area contributed by atoms with Crippen LogP contribution >= 0.6 is 11.6 Å². The third-order valence-corrected chi connectivity index (χ3v) is 6.29. The highest BCUT2D eigenvalue weighted by Crippen LogP contribution is 2.49. The molecule has 1 aliphatic heterocycles. The SMILES string of the molecule is C[C@@H]1[C@@H]2Cc3ccc(O)cc3[C@]1(C)CCN2CCC(C)(C)Cl. The molecule has 2 nitrogen and oxygen atoms in total. The molecule has 0 radical (unpaired) electrons. The number of aromatic hydroxyl groups is 1. The normalized spacial score (nSPS) is 31.9. The van der Waals surface area contributed by atoms with Crippen LogP contribution in [-0.2, 0) is 11.8 Å². The third kappa shape index (κ3) is 2.76. The Labute approximate surface area is 139 Å². The molecule has 0 aromatic heterocycles. The van der Waals surface area contributed by atoms with Crippen molar-refractivity contribution in [3.8, 4) is 5.75 Å². The van der Waals surface area contributed by atoms with Crippen LogP contribution < -0.4 is 0 Å². The zero-order valence-electron chi connectivity index (χ0n) is 14.2. The van der Waals surface area contributed by atoms with E-state index in [9.17, 15) is 5.11 Å². The molecule has 0 saturated carbocycles. The zero-order chi connectivity index (χ0) is 16.1. The van der Waals surface area contributed by atoms with Crippen LogP contribution in [0.25, 0.3) is 0 Å². The second-order valence-corrected chi connectivity index (χ2v) is 9.10. The number of likely N-dealkylation sites (tertiary alicyclic amines) is 1. The van der Waals surface area contributed by atoms with Gasteiger partial charge in [0.05, 0.1) is 0 Å². The number of alkyl halides is 1. The number of hydrogen-bond acceptors (Lipinski definition) is 2. The molecule has 3 heteroatoms. The van der Waals surface area contributed by atoms with E-state index in [-0.39, 0.29) is 10.3 Å². The first-order valence-corrected chi connectivity index (χ1v) is 8.84. The Balaban J connectivity index is 1.88. The van der Waals surface area contributed by atoms with Crippen molar-refractivity contribution in [1.29, 1.82) is 0 Å². The highest BCUT2D eigenvalue weighted by Gasteiger charge is 2.48. The summed E-state index contributed by atoms with van der Waals surface area (Å²) < 4.78 is 0. The van der Waals surface area contributed by atoms with Gasteiger partial charge in [-0.15, -0.1) is 11.6 Å². The van der Waals surface area contributed by atoms with Crippen molar-refractivity contribution in [1.82, 2.24) is 4.90 Å². The minimum Gasteiger partial charge on any atom is -0.508 e. The van der Waals surface area contributed by atoms with Gasteiger partial charge in [0, 0.05) is 17.5 Å². The lowest BCUT2D eigenvalue weighted by molar-refractivity contribution is 0.0293. The van der Waals surface area contributed by atoms with Crippen molar-refractivity contribution < 1.29 is 5.11 Å². The van der Waals surface area contributed by atoms with Gasteiger partial charge in [-0.2, -0.15) is 0 Å². The number of piperidine rings is 1. The number of rotatable bonds is 3. The Bertz CT molecular complexity index is 565. The van der Waals surface area contributed by atoms with E-state index >= 15 is 0 Å². The fraction of sp³-hybridized carbons (Fsp3) is 0.684. The number of phenolic OH excluding ortho intramolecular Hbond substituents is 1. The lowest BCUT2D eigenvalue weighted by Crippen LogP contribution is -2.58. The second-order valence-electron chi connectivity index (χ2n) is 8.07. The molecule has 1 aliphatic carbocycles.